The SMILES string of the molecule is Cc1nc(C)c([C@@H](C)N(C)CC2CCNCC2)s1. The maximum atomic E-state index is 4.54. The summed E-state index contributed by atoms with van der Waals surface area (Å²) in [5.41, 5.74) is 1.21. The molecule has 1 aliphatic heterocycles. The zero-order valence-electron chi connectivity index (χ0n) is 12.0. The highest BCUT2D eigenvalue weighted by Crippen LogP contribution is 2.29. The number of aromatic nitrogens is 1. The van der Waals surface area contributed by atoms with Crippen LogP contribution in [0.3, 0.4) is 0 Å². The lowest BCUT2D eigenvalue weighted by Gasteiger charge is -2.31. The van der Waals surface area contributed by atoms with Gasteiger partial charge in [0.25, 0.3) is 0 Å². The molecule has 1 saturated heterocycles. The summed E-state index contributed by atoms with van der Waals surface area (Å²) >= 11 is 1.85. The van der Waals surface area contributed by atoms with Crippen LogP contribution in [0.15, 0.2) is 0 Å². The summed E-state index contributed by atoms with van der Waals surface area (Å²) in [5.74, 6) is 0.855. The Kier molecular flexibility index (Phi) is 4.76. The summed E-state index contributed by atoms with van der Waals surface area (Å²) < 4.78 is 0. The summed E-state index contributed by atoms with van der Waals surface area (Å²) in [4.78, 5) is 8.47. The van der Waals surface area contributed by atoms with E-state index in [9.17, 15) is 0 Å². The maximum absolute atomic E-state index is 4.54. The molecule has 1 N–H and O–H groups in total. The van der Waals surface area contributed by atoms with Crippen molar-refractivity contribution in [3.8, 4) is 0 Å². The van der Waals surface area contributed by atoms with Gasteiger partial charge in [0.05, 0.1) is 10.7 Å². The van der Waals surface area contributed by atoms with Gasteiger partial charge in [-0.25, -0.2) is 4.98 Å². The van der Waals surface area contributed by atoms with Crippen molar-refractivity contribution in [2.24, 2.45) is 5.92 Å². The van der Waals surface area contributed by atoms with Gasteiger partial charge in [-0.15, -0.1) is 11.3 Å². The van der Waals surface area contributed by atoms with Crippen LogP contribution in [-0.4, -0.2) is 36.6 Å². The van der Waals surface area contributed by atoms with Gasteiger partial charge in [0.1, 0.15) is 0 Å². The summed E-state index contributed by atoms with van der Waals surface area (Å²) in [6, 6.07) is 0.492. The first-order valence-electron chi connectivity index (χ1n) is 6.92. The van der Waals surface area contributed by atoms with Gasteiger partial charge in [0, 0.05) is 17.5 Å². The molecule has 102 valence electrons. The summed E-state index contributed by atoms with van der Waals surface area (Å²) in [6.07, 6.45) is 2.63. The molecule has 18 heavy (non-hydrogen) atoms. The zero-order chi connectivity index (χ0) is 13.1. The minimum absolute atomic E-state index is 0.492. The number of nitrogens with zero attached hydrogens (tertiary/aromatic N) is 2. The summed E-state index contributed by atoms with van der Waals surface area (Å²) in [7, 11) is 2.25. The Bertz CT molecular complexity index is 382. The molecule has 0 amide bonds. The third-order valence-electron chi connectivity index (χ3n) is 3.98. The molecule has 0 unspecified atom stereocenters. The van der Waals surface area contributed by atoms with Crippen LogP contribution < -0.4 is 5.32 Å². The Morgan fingerprint density at radius 1 is 1.39 bits per heavy atom. The fourth-order valence-corrected chi connectivity index (χ4v) is 3.81. The normalized spacial score (nSPS) is 19.4. The third kappa shape index (κ3) is 3.31. The molecule has 2 heterocycles. The van der Waals surface area contributed by atoms with Crippen molar-refractivity contribution in [2.45, 2.75) is 39.7 Å². The first kappa shape index (κ1) is 14.0. The second-order valence-corrected chi connectivity index (χ2v) is 6.73. The van der Waals surface area contributed by atoms with Gasteiger partial charge in [-0.2, -0.15) is 0 Å². The zero-order valence-corrected chi connectivity index (χ0v) is 12.8. The number of rotatable bonds is 4. The van der Waals surface area contributed by atoms with Gasteiger partial charge in [-0.3, -0.25) is 4.90 Å². The largest absolute Gasteiger partial charge is 0.317 e. The smallest absolute Gasteiger partial charge is 0.0900 e. The molecule has 0 aromatic carbocycles. The van der Waals surface area contributed by atoms with E-state index in [1.54, 1.807) is 0 Å². The maximum Gasteiger partial charge on any atom is 0.0900 e. The van der Waals surface area contributed by atoms with Gasteiger partial charge < -0.3 is 5.32 Å². The van der Waals surface area contributed by atoms with Crippen molar-refractivity contribution in [3.63, 3.8) is 0 Å². The Morgan fingerprint density at radius 3 is 2.61 bits per heavy atom. The highest BCUT2D eigenvalue weighted by molar-refractivity contribution is 7.11. The second kappa shape index (κ2) is 6.13. The number of piperidine rings is 1. The lowest BCUT2D eigenvalue weighted by Crippen LogP contribution is -2.35. The Morgan fingerprint density at radius 2 is 2.06 bits per heavy atom. The molecular weight excluding hydrogens is 242 g/mol. The second-order valence-electron chi connectivity index (χ2n) is 5.49. The molecule has 0 radical (unpaired) electrons. The minimum Gasteiger partial charge on any atom is -0.317 e. The lowest BCUT2D eigenvalue weighted by molar-refractivity contribution is 0.198. The number of hydrogen-bond donors (Lipinski definition) is 1. The topological polar surface area (TPSA) is 28.2 Å². The minimum atomic E-state index is 0.492. The van der Waals surface area contributed by atoms with E-state index in [0.717, 1.165) is 5.92 Å². The van der Waals surface area contributed by atoms with E-state index in [1.807, 2.05) is 11.3 Å². The Labute approximate surface area is 115 Å². The first-order chi connectivity index (χ1) is 8.58. The number of nitrogens with one attached hydrogen (secondary N) is 1. The van der Waals surface area contributed by atoms with E-state index >= 15 is 0 Å². The predicted molar refractivity (Wildman–Crippen MR) is 78.2 cm³/mol. The van der Waals surface area contributed by atoms with E-state index in [4.69, 9.17) is 0 Å². The van der Waals surface area contributed by atoms with Crippen LogP contribution in [-0.2, 0) is 0 Å². The quantitative estimate of drug-likeness (QED) is 0.909. The molecule has 0 saturated carbocycles. The molecular formula is C14H25N3S. The van der Waals surface area contributed by atoms with Gasteiger partial charge in [-0.05, 0) is 59.7 Å². The molecule has 4 heteroatoms. The van der Waals surface area contributed by atoms with Crippen molar-refractivity contribution in [1.29, 1.82) is 0 Å². The van der Waals surface area contributed by atoms with Crippen molar-refractivity contribution in [3.05, 3.63) is 15.6 Å². The van der Waals surface area contributed by atoms with Crippen LogP contribution in [0.4, 0.5) is 0 Å². The number of aryl methyl sites for hydroxylation is 2. The summed E-state index contributed by atoms with van der Waals surface area (Å²) in [5, 5.41) is 4.62. The number of hydrogen-bond acceptors (Lipinski definition) is 4. The van der Waals surface area contributed by atoms with E-state index in [1.165, 1.54) is 48.1 Å². The predicted octanol–water partition coefficient (Wildman–Crippen LogP) is 2.75. The molecule has 2 rings (SSSR count). The van der Waals surface area contributed by atoms with E-state index in [-0.39, 0.29) is 0 Å². The average Bonchev–Trinajstić information content (AvgIpc) is 2.68. The fraction of sp³-hybridized carbons (Fsp3) is 0.786. The molecule has 1 aliphatic rings. The fourth-order valence-electron chi connectivity index (χ4n) is 2.76. The molecule has 0 aliphatic carbocycles. The van der Waals surface area contributed by atoms with Crippen LogP contribution >= 0.6 is 11.3 Å². The Hall–Kier alpha value is -0.450. The third-order valence-corrected chi connectivity index (χ3v) is 5.23. The van der Waals surface area contributed by atoms with Crippen molar-refractivity contribution < 1.29 is 0 Å². The molecule has 1 atom stereocenters. The molecule has 1 aromatic heterocycles. The number of thiazole rings is 1. The van der Waals surface area contributed by atoms with Crippen LogP contribution in [0.25, 0.3) is 0 Å². The van der Waals surface area contributed by atoms with Gasteiger partial charge in [-0.1, -0.05) is 0 Å². The molecule has 1 fully saturated rings. The lowest BCUT2D eigenvalue weighted by atomic mass is 9.97. The molecule has 1 aromatic rings. The van der Waals surface area contributed by atoms with Gasteiger partial charge in [0.2, 0.25) is 0 Å². The monoisotopic (exact) mass is 267 g/mol. The van der Waals surface area contributed by atoms with Crippen molar-refractivity contribution in [2.75, 3.05) is 26.7 Å². The van der Waals surface area contributed by atoms with Gasteiger partial charge in [0.15, 0.2) is 0 Å². The Balaban J connectivity index is 1.95. The van der Waals surface area contributed by atoms with Crippen LogP contribution in [0.1, 0.15) is 41.4 Å². The van der Waals surface area contributed by atoms with E-state index < -0.39 is 0 Å². The molecule has 3 nitrogen and oxygen atoms in total. The standard InChI is InChI=1S/C14H25N3S/c1-10-14(18-12(3)16-10)11(2)17(4)9-13-5-7-15-8-6-13/h11,13,15H,5-9H2,1-4H3/t11-/m1/s1. The molecule has 0 bridgehead atoms. The van der Waals surface area contributed by atoms with Gasteiger partial charge >= 0.3 is 0 Å². The van der Waals surface area contributed by atoms with Crippen LogP contribution in [0, 0.1) is 19.8 Å². The van der Waals surface area contributed by atoms with E-state index in [2.05, 4.69) is 43.0 Å². The first-order valence-corrected chi connectivity index (χ1v) is 7.74. The van der Waals surface area contributed by atoms with Crippen molar-refractivity contribution in [1.82, 2.24) is 15.2 Å². The van der Waals surface area contributed by atoms with Crippen LogP contribution in [0.2, 0.25) is 0 Å². The molecule has 0 spiro atoms. The van der Waals surface area contributed by atoms with E-state index in [0.29, 0.717) is 6.04 Å². The van der Waals surface area contributed by atoms with Crippen molar-refractivity contribution >= 4 is 11.3 Å². The summed E-state index contributed by atoms with van der Waals surface area (Å²) in [6.45, 7) is 10.1. The highest BCUT2D eigenvalue weighted by atomic mass is 32.1. The highest BCUT2D eigenvalue weighted by Gasteiger charge is 2.21. The van der Waals surface area contributed by atoms with Crippen LogP contribution in [0.5, 0.6) is 0 Å². The average molecular weight is 267 g/mol.